The Morgan fingerprint density at radius 1 is 1.19 bits per heavy atom. The second kappa shape index (κ2) is 5.67. The average molecular weight is 387 g/mol. The van der Waals surface area contributed by atoms with Crippen LogP contribution in [0.25, 0.3) is 6.08 Å². The molecule has 0 radical (unpaired) electrons. The van der Waals surface area contributed by atoms with Gasteiger partial charge >= 0.3 is 5.97 Å². The van der Waals surface area contributed by atoms with Crippen LogP contribution in [0.1, 0.15) is 11.3 Å². The van der Waals surface area contributed by atoms with Crippen LogP contribution in [0.3, 0.4) is 0 Å². The van der Waals surface area contributed by atoms with Crippen LogP contribution in [0.5, 0.6) is 0 Å². The SMILES string of the molecule is O=C1OC(c2ccc(Br)o2)=N/C1=C\c1ccc(Cl)cc1Cl. The van der Waals surface area contributed by atoms with Crippen LogP contribution >= 0.6 is 39.1 Å². The third-order valence-corrected chi connectivity index (χ3v) is 3.65. The molecule has 0 atom stereocenters. The van der Waals surface area contributed by atoms with E-state index in [0.29, 0.717) is 26.0 Å². The molecule has 0 N–H and O–H groups in total. The molecule has 2 aromatic rings. The first kappa shape index (κ1) is 14.4. The highest BCUT2D eigenvalue weighted by Crippen LogP contribution is 2.26. The number of hydrogen-bond acceptors (Lipinski definition) is 4. The van der Waals surface area contributed by atoms with Crippen molar-refractivity contribution in [1.82, 2.24) is 0 Å². The molecule has 4 nitrogen and oxygen atoms in total. The van der Waals surface area contributed by atoms with Gasteiger partial charge < -0.3 is 9.15 Å². The zero-order chi connectivity index (χ0) is 15.0. The summed E-state index contributed by atoms with van der Waals surface area (Å²) < 4.78 is 10.9. The van der Waals surface area contributed by atoms with Gasteiger partial charge in [-0.25, -0.2) is 9.79 Å². The number of carbonyl (C=O) groups is 1. The number of carbonyl (C=O) groups excluding carboxylic acids is 1. The zero-order valence-corrected chi connectivity index (χ0v) is 13.4. The average Bonchev–Trinajstić information content (AvgIpc) is 3.00. The summed E-state index contributed by atoms with van der Waals surface area (Å²) in [6, 6.07) is 8.29. The minimum absolute atomic E-state index is 0.113. The Bertz CT molecular complexity index is 795. The van der Waals surface area contributed by atoms with Crippen molar-refractivity contribution in [3.05, 3.63) is 62.1 Å². The maximum Gasteiger partial charge on any atom is 0.363 e. The van der Waals surface area contributed by atoms with E-state index >= 15 is 0 Å². The van der Waals surface area contributed by atoms with Crippen LogP contribution in [-0.2, 0) is 9.53 Å². The number of furan rings is 1. The first-order chi connectivity index (χ1) is 10.0. The third kappa shape index (κ3) is 3.05. The molecule has 7 heteroatoms. The fraction of sp³-hybridized carbons (Fsp3) is 0. The fourth-order valence-electron chi connectivity index (χ4n) is 1.71. The van der Waals surface area contributed by atoms with Gasteiger partial charge in [0.2, 0.25) is 0 Å². The smallest absolute Gasteiger partial charge is 0.363 e. The molecule has 0 saturated carbocycles. The second-order valence-electron chi connectivity index (χ2n) is 4.11. The monoisotopic (exact) mass is 385 g/mol. The van der Waals surface area contributed by atoms with Crippen molar-refractivity contribution in [2.75, 3.05) is 0 Å². The van der Waals surface area contributed by atoms with Crippen molar-refractivity contribution in [1.29, 1.82) is 0 Å². The van der Waals surface area contributed by atoms with Gasteiger partial charge in [0, 0.05) is 10.0 Å². The van der Waals surface area contributed by atoms with E-state index in [1.165, 1.54) is 6.08 Å². The number of ether oxygens (including phenoxy) is 1. The van der Waals surface area contributed by atoms with Gasteiger partial charge in [0.1, 0.15) is 0 Å². The predicted octanol–water partition coefficient (Wildman–Crippen LogP) is 4.69. The molecule has 1 aliphatic heterocycles. The minimum atomic E-state index is -0.566. The number of halogens is 3. The van der Waals surface area contributed by atoms with Crippen molar-refractivity contribution in [2.45, 2.75) is 0 Å². The van der Waals surface area contributed by atoms with Gasteiger partial charge in [-0.3, -0.25) is 0 Å². The lowest BCUT2D eigenvalue weighted by Gasteiger charge is -1.98. The predicted molar refractivity (Wildman–Crippen MR) is 83.5 cm³/mol. The zero-order valence-electron chi connectivity index (χ0n) is 10.3. The highest BCUT2D eigenvalue weighted by Gasteiger charge is 2.26. The number of rotatable bonds is 2. The van der Waals surface area contributed by atoms with Crippen LogP contribution < -0.4 is 0 Å². The van der Waals surface area contributed by atoms with Crippen molar-refractivity contribution >= 4 is 57.1 Å². The second-order valence-corrected chi connectivity index (χ2v) is 5.73. The summed E-state index contributed by atoms with van der Waals surface area (Å²) in [6.45, 7) is 0. The van der Waals surface area contributed by atoms with Crippen LogP contribution in [-0.4, -0.2) is 11.9 Å². The van der Waals surface area contributed by atoms with E-state index in [1.54, 1.807) is 30.3 Å². The van der Waals surface area contributed by atoms with Crippen LogP contribution in [0, 0.1) is 0 Å². The maximum atomic E-state index is 11.8. The summed E-state index contributed by atoms with van der Waals surface area (Å²) in [7, 11) is 0. The molecule has 0 fully saturated rings. The molecule has 0 spiro atoms. The molecule has 0 amide bonds. The summed E-state index contributed by atoms with van der Waals surface area (Å²) in [6.07, 6.45) is 1.53. The lowest BCUT2D eigenvalue weighted by Crippen LogP contribution is -2.04. The van der Waals surface area contributed by atoms with Crippen LogP contribution in [0.4, 0.5) is 0 Å². The van der Waals surface area contributed by atoms with E-state index in [4.69, 9.17) is 32.4 Å². The van der Waals surface area contributed by atoms with Crippen LogP contribution in [0.15, 0.2) is 50.1 Å². The Balaban J connectivity index is 1.96. The van der Waals surface area contributed by atoms with E-state index < -0.39 is 5.97 Å². The molecule has 2 heterocycles. The quantitative estimate of drug-likeness (QED) is 0.555. The Hall–Kier alpha value is -1.56. The molecule has 0 unspecified atom stereocenters. The van der Waals surface area contributed by atoms with Crippen molar-refractivity contribution in [3.63, 3.8) is 0 Å². The summed E-state index contributed by atoms with van der Waals surface area (Å²) in [5.74, 6) is -0.0913. The highest BCUT2D eigenvalue weighted by atomic mass is 79.9. The molecule has 21 heavy (non-hydrogen) atoms. The van der Waals surface area contributed by atoms with Crippen molar-refractivity contribution in [3.8, 4) is 0 Å². The molecule has 106 valence electrons. The van der Waals surface area contributed by atoms with Gasteiger partial charge in [-0.2, -0.15) is 0 Å². The van der Waals surface area contributed by atoms with E-state index in [2.05, 4.69) is 20.9 Å². The molecule has 0 bridgehead atoms. The Morgan fingerprint density at radius 3 is 2.67 bits per heavy atom. The lowest BCUT2D eigenvalue weighted by atomic mass is 10.2. The number of nitrogens with zero attached hydrogens (tertiary/aromatic N) is 1. The molecule has 1 aromatic heterocycles. The van der Waals surface area contributed by atoms with E-state index in [9.17, 15) is 4.79 Å². The summed E-state index contributed by atoms with van der Waals surface area (Å²) >= 11 is 15.1. The van der Waals surface area contributed by atoms with Gasteiger partial charge in [-0.05, 0) is 51.8 Å². The minimum Gasteiger partial charge on any atom is -0.444 e. The topological polar surface area (TPSA) is 51.8 Å². The van der Waals surface area contributed by atoms with Gasteiger partial charge in [-0.15, -0.1) is 0 Å². The van der Waals surface area contributed by atoms with Gasteiger partial charge in [0.15, 0.2) is 16.1 Å². The molecule has 3 rings (SSSR count). The molecule has 0 aliphatic carbocycles. The molecule has 1 aliphatic rings. The van der Waals surface area contributed by atoms with Gasteiger partial charge in [0.25, 0.3) is 5.90 Å². The summed E-state index contributed by atoms with van der Waals surface area (Å²) in [5, 5.41) is 0.938. The Morgan fingerprint density at radius 2 is 2.00 bits per heavy atom. The number of benzene rings is 1. The fourth-order valence-corrected chi connectivity index (χ4v) is 2.48. The van der Waals surface area contributed by atoms with E-state index in [1.807, 2.05) is 0 Å². The van der Waals surface area contributed by atoms with Gasteiger partial charge in [-0.1, -0.05) is 29.3 Å². The third-order valence-electron chi connectivity index (χ3n) is 2.66. The van der Waals surface area contributed by atoms with E-state index in [0.717, 1.165) is 0 Å². The molecular formula is C14H6BrCl2NO3. The summed E-state index contributed by atoms with van der Waals surface area (Å²) in [5.41, 5.74) is 0.764. The molecule has 0 saturated heterocycles. The standard InChI is InChI=1S/C14H6BrCl2NO3/c15-12-4-3-11(20-12)13-18-10(14(19)21-13)5-7-1-2-8(16)6-9(7)17/h1-6H/b10-5-. The van der Waals surface area contributed by atoms with Crippen molar-refractivity contribution in [2.24, 2.45) is 4.99 Å². The van der Waals surface area contributed by atoms with Crippen LogP contribution in [0.2, 0.25) is 10.0 Å². The Kier molecular flexibility index (Phi) is 3.89. The number of esters is 1. The van der Waals surface area contributed by atoms with Crippen molar-refractivity contribution < 1.29 is 13.9 Å². The summed E-state index contributed by atoms with van der Waals surface area (Å²) in [4.78, 5) is 15.9. The maximum absolute atomic E-state index is 11.8. The number of hydrogen-bond donors (Lipinski definition) is 0. The Labute approximate surface area is 138 Å². The van der Waals surface area contributed by atoms with E-state index in [-0.39, 0.29) is 11.6 Å². The normalized spacial score (nSPS) is 16.2. The van der Waals surface area contributed by atoms with Gasteiger partial charge in [0.05, 0.1) is 0 Å². The lowest BCUT2D eigenvalue weighted by molar-refractivity contribution is -0.130. The number of cyclic esters (lactones) is 1. The first-order valence-electron chi connectivity index (χ1n) is 5.76. The molecular weight excluding hydrogens is 381 g/mol. The largest absolute Gasteiger partial charge is 0.444 e. The highest BCUT2D eigenvalue weighted by molar-refractivity contribution is 9.10. The number of aliphatic imine (C=N–C) groups is 1. The first-order valence-corrected chi connectivity index (χ1v) is 7.31. The molecule has 1 aromatic carbocycles.